The monoisotopic (exact) mass is 820 g/mol. The summed E-state index contributed by atoms with van der Waals surface area (Å²) in [6, 6.07) is 38.8. The molecule has 0 aliphatic rings. The molecule has 8 aromatic rings. The molecule has 6 N–H and O–H groups in total. The van der Waals surface area contributed by atoms with Crippen LogP contribution < -0.4 is 0 Å². The van der Waals surface area contributed by atoms with Crippen molar-refractivity contribution in [2.45, 2.75) is 53.4 Å². The van der Waals surface area contributed by atoms with Gasteiger partial charge in [-0.1, -0.05) is 125 Å². The number of benzene rings is 8. The van der Waals surface area contributed by atoms with Gasteiger partial charge in [0.05, 0.1) is 22.5 Å². The predicted octanol–water partition coefficient (Wildman–Crippen LogP) is 13.6. The molecule has 8 nitrogen and oxygen atoms in total. The summed E-state index contributed by atoms with van der Waals surface area (Å²) >= 11 is 0. The van der Waals surface area contributed by atoms with Crippen LogP contribution in [-0.2, 0) is 0 Å². The van der Waals surface area contributed by atoms with Crippen LogP contribution in [0.4, 0.5) is 11.4 Å². The van der Waals surface area contributed by atoms with Crippen molar-refractivity contribution >= 4 is 45.3 Å². The standard InChI is InChI=1S/C54H48N2O6/c1-29(2)43-39-25-31(5)45(51(59)47(39)41(49(57)53(43)61)27-55-37-21-17-35(18-22-37)33-13-9-7-10-14-33)46-32(6)26-40-44(30(3)4)54(62)50(58)42(48(40)52(46)60)28-56-38-23-19-36(20-24-38)34-15-11-8-12-16-34/h7-30,57-62H,1-6H3. The zero-order chi connectivity index (χ0) is 44.0. The molecule has 0 spiro atoms. The Hall–Kier alpha value is -7.58. The molecule has 0 amide bonds. The summed E-state index contributed by atoms with van der Waals surface area (Å²) in [5, 5.41) is 72.8. The van der Waals surface area contributed by atoms with Crippen molar-refractivity contribution in [3.05, 3.63) is 155 Å². The fraction of sp³-hybridized carbons (Fsp3) is 0.148. The lowest BCUT2D eigenvalue weighted by atomic mass is 9.83. The van der Waals surface area contributed by atoms with Crippen LogP contribution in [0.5, 0.6) is 34.5 Å². The van der Waals surface area contributed by atoms with E-state index < -0.39 is 11.5 Å². The molecule has 0 aromatic heterocycles. The first-order valence-electron chi connectivity index (χ1n) is 20.6. The van der Waals surface area contributed by atoms with Gasteiger partial charge in [-0.2, -0.15) is 0 Å². The minimum atomic E-state index is -0.437. The molecular formula is C54H48N2O6. The van der Waals surface area contributed by atoms with E-state index in [1.807, 2.05) is 163 Å². The number of phenols is 6. The molecule has 8 rings (SSSR count). The molecule has 0 fully saturated rings. The Balaban J connectivity index is 1.33. The van der Waals surface area contributed by atoms with Gasteiger partial charge in [-0.15, -0.1) is 0 Å². The van der Waals surface area contributed by atoms with Gasteiger partial charge in [0.25, 0.3) is 0 Å². The number of hydrogen-bond donors (Lipinski definition) is 6. The van der Waals surface area contributed by atoms with Crippen LogP contribution in [0.15, 0.2) is 131 Å². The van der Waals surface area contributed by atoms with Crippen LogP contribution in [0.1, 0.15) is 72.9 Å². The van der Waals surface area contributed by atoms with Crippen molar-refractivity contribution in [3.8, 4) is 67.9 Å². The SMILES string of the molecule is Cc1cc2c(C(C)C)c(O)c(O)c(C=Nc3ccc(-c4ccccc4)cc3)c2c(O)c1-c1c(C)cc2c(C(C)C)c(O)c(O)c(C=Nc3ccc(-c4ccccc4)cc3)c2c1O. The Labute approximate surface area is 360 Å². The summed E-state index contributed by atoms with van der Waals surface area (Å²) in [5.74, 6) is -2.46. The van der Waals surface area contributed by atoms with E-state index in [0.717, 1.165) is 22.3 Å². The number of aryl methyl sites for hydroxylation is 2. The third kappa shape index (κ3) is 7.23. The first kappa shape index (κ1) is 41.2. The largest absolute Gasteiger partial charge is 0.507 e. The number of aliphatic imine (C=N–C) groups is 2. The van der Waals surface area contributed by atoms with Crippen molar-refractivity contribution in [2.75, 3.05) is 0 Å². The molecule has 0 heterocycles. The quantitative estimate of drug-likeness (QED) is 0.0631. The molecule has 310 valence electrons. The van der Waals surface area contributed by atoms with E-state index in [9.17, 15) is 30.6 Å². The van der Waals surface area contributed by atoms with Gasteiger partial charge in [-0.25, -0.2) is 0 Å². The smallest absolute Gasteiger partial charge is 0.167 e. The second-order valence-electron chi connectivity index (χ2n) is 16.4. The van der Waals surface area contributed by atoms with Crippen LogP contribution in [-0.4, -0.2) is 43.1 Å². The summed E-state index contributed by atoms with van der Waals surface area (Å²) in [7, 11) is 0. The molecule has 0 aliphatic heterocycles. The molecule has 0 bridgehead atoms. The van der Waals surface area contributed by atoms with E-state index in [2.05, 4.69) is 9.98 Å². The molecule has 62 heavy (non-hydrogen) atoms. The summed E-state index contributed by atoms with van der Waals surface area (Å²) < 4.78 is 0. The minimum Gasteiger partial charge on any atom is -0.507 e. The number of aromatic hydroxyl groups is 6. The van der Waals surface area contributed by atoms with E-state index in [-0.39, 0.29) is 67.9 Å². The first-order chi connectivity index (χ1) is 29.8. The minimum absolute atomic E-state index is 0.0986. The van der Waals surface area contributed by atoms with Crippen molar-refractivity contribution in [1.82, 2.24) is 0 Å². The van der Waals surface area contributed by atoms with Gasteiger partial charge in [-0.05, 0) is 94.1 Å². The van der Waals surface area contributed by atoms with Crippen LogP contribution in [0.2, 0.25) is 0 Å². The lowest BCUT2D eigenvalue weighted by Crippen LogP contribution is -2.01. The zero-order valence-corrected chi connectivity index (χ0v) is 35.4. The average Bonchev–Trinajstić information content (AvgIpc) is 3.26. The lowest BCUT2D eigenvalue weighted by Gasteiger charge is -2.23. The lowest BCUT2D eigenvalue weighted by molar-refractivity contribution is 0.398. The fourth-order valence-electron chi connectivity index (χ4n) is 8.64. The molecule has 0 saturated carbocycles. The number of fused-ring (bicyclic) bond motifs is 2. The summed E-state index contributed by atoms with van der Waals surface area (Å²) in [5.41, 5.74) is 8.14. The fourth-order valence-corrected chi connectivity index (χ4v) is 8.64. The maximum absolute atomic E-state index is 12.6. The Bertz CT molecular complexity index is 2850. The van der Waals surface area contributed by atoms with Crippen molar-refractivity contribution in [2.24, 2.45) is 9.98 Å². The molecular weight excluding hydrogens is 773 g/mol. The third-order valence-electron chi connectivity index (χ3n) is 11.6. The predicted molar refractivity (Wildman–Crippen MR) is 253 cm³/mol. The number of nitrogens with zero attached hydrogens (tertiary/aromatic N) is 2. The zero-order valence-electron chi connectivity index (χ0n) is 35.4. The van der Waals surface area contributed by atoms with Gasteiger partial charge in [0.1, 0.15) is 11.5 Å². The Morgan fingerprint density at radius 2 is 0.726 bits per heavy atom. The Morgan fingerprint density at radius 3 is 1.05 bits per heavy atom. The Kier molecular flexibility index (Phi) is 10.9. The van der Waals surface area contributed by atoms with Crippen LogP contribution in [0.3, 0.4) is 0 Å². The molecule has 0 unspecified atom stereocenters. The highest BCUT2D eigenvalue weighted by Crippen LogP contribution is 2.54. The van der Waals surface area contributed by atoms with Crippen molar-refractivity contribution in [1.29, 1.82) is 0 Å². The number of rotatable bonds is 9. The summed E-state index contributed by atoms with van der Waals surface area (Å²) in [6.45, 7) is 11.2. The average molecular weight is 821 g/mol. The second kappa shape index (κ2) is 16.5. The van der Waals surface area contributed by atoms with Gasteiger partial charge in [0, 0.05) is 45.5 Å². The van der Waals surface area contributed by atoms with Gasteiger partial charge in [0.2, 0.25) is 0 Å². The van der Waals surface area contributed by atoms with E-state index in [1.165, 1.54) is 12.4 Å². The molecule has 0 atom stereocenters. The van der Waals surface area contributed by atoms with E-state index >= 15 is 0 Å². The van der Waals surface area contributed by atoms with E-state index in [4.69, 9.17) is 0 Å². The highest BCUT2D eigenvalue weighted by atomic mass is 16.3. The molecule has 0 aliphatic carbocycles. The first-order valence-corrected chi connectivity index (χ1v) is 20.6. The van der Waals surface area contributed by atoms with Gasteiger partial charge in [-0.3, -0.25) is 9.98 Å². The molecule has 8 heteroatoms. The highest BCUT2D eigenvalue weighted by molar-refractivity contribution is 6.15. The Morgan fingerprint density at radius 1 is 0.403 bits per heavy atom. The van der Waals surface area contributed by atoms with Gasteiger partial charge >= 0.3 is 0 Å². The highest BCUT2D eigenvalue weighted by Gasteiger charge is 2.29. The third-order valence-corrected chi connectivity index (χ3v) is 11.6. The van der Waals surface area contributed by atoms with Gasteiger partial charge < -0.3 is 30.6 Å². The van der Waals surface area contributed by atoms with E-state index in [1.54, 1.807) is 0 Å². The summed E-state index contributed by atoms with van der Waals surface area (Å²) in [6.07, 6.45) is 2.86. The second-order valence-corrected chi connectivity index (χ2v) is 16.4. The normalized spacial score (nSPS) is 11.9. The van der Waals surface area contributed by atoms with Crippen molar-refractivity contribution in [3.63, 3.8) is 0 Å². The maximum atomic E-state index is 12.6. The van der Waals surface area contributed by atoms with Crippen LogP contribution in [0.25, 0.3) is 54.9 Å². The van der Waals surface area contributed by atoms with E-state index in [0.29, 0.717) is 44.4 Å². The molecule has 8 aromatic carbocycles. The van der Waals surface area contributed by atoms with Gasteiger partial charge in [0.15, 0.2) is 23.0 Å². The molecule has 0 saturated heterocycles. The number of phenolic OH excluding ortho intramolecular Hbond substituents is 6. The maximum Gasteiger partial charge on any atom is 0.167 e. The topological polar surface area (TPSA) is 146 Å². The van der Waals surface area contributed by atoms with Crippen molar-refractivity contribution < 1.29 is 30.6 Å². The van der Waals surface area contributed by atoms with Crippen LogP contribution in [0, 0.1) is 13.8 Å². The summed E-state index contributed by atoms with van der Waals surface area (Å²) in [4.78, 5) is 9.36. The van der Waals surface area contributed by atoms with Crippen LogP contribution >= 0.6 is 0 Å². The molecule has 0 radical (unpaired) electrons. The number of hydrogen-bond acceptors (Lipinski definition) is 8.